The molecule has 1 N–H and O–H groups in total. The molecule has 0 fully saturated rings. The van der Waals surface area contributed by atoms with Crippen LogP contribution in [0.2, 0.25) is 0 Å². The van der Waals surface area contributed by atoms with Gasteiger partial charge in [-0.1, -0.05) is 0 Å². The van der Waals surface area contributed by atoms with Gasteiger partial charge in [0.05, 0.1) is 18.3 Å². The molecule has 0 saturated carbocycles. The first-order valence-corrected chi connectivity index (χ1v) is 5.56. The van der Waals surface area contributed by atoms with Crippen molar-refractivity contribution in [2.75, 3.05) is 26.8 Å². The third-order valence-corrected chi connectivity index (χ3v) is 2.32. The predicted molar refractivity (Wildman–Crippen MR) is 61.2 cm³/mol. The van der Waals surface area contributed by atoms with Crippen molar-refractivity contribution >= 4 is 11.6 Å². The highest BCUT2D eigenvalue weighted by Gasteiger charge is 2.01. The zero-order valence-corrected chi connectivity index (χ0v) is 9.78. The van der Waals surface area contributed by atoms with E-state index < -0.39 is 0 Å². The predicted octanol–water partition coefficient (Wildman–Crippen LogP) is 1.12. The van der Waals surface area contributed by atoms with Gasteiger partial charge in [-0.15, -0.1) is 11.6 Å². The van der Waals surface area contributed by atoms with Gasteiger partial charge in [0, 0.05) is 32.6 Å². The summed E-state index contributed by atoms with van der Waals surface area (Å²) in [5.74, 6) is 0. The molecule has 1 rings (SSSR count). The summed E-state index contributed by atoms with van der Waals surface area (Å²) in [6, 6.07) is 0. The molecule has 0 radical (unpaired) electrons. The lowest BCUT2D eigenvalue weighted by atomic mass is 10.4. The minimum Gasteiger partial charge on any atom is -0.383 e. The Balaban J connectivity index is 1.93. The maximum atomic E-state index is 5.96. The first kappa shape index (κ1) is 12.5. The van der Waals surface area contributed by atoms with E-state index >= 15 is 0 Å². The van der Waals surface area contributed by atoms with Crippen LogP contribution in [-0.4, -0.2) is 41.7 Å². The number of aryl methyl sites for hydroxylation is 1. The van der Waals surface area contributed by atoms with Gasteiger partial charge in [-0.2, -0.15) is 0 Å². The summed E-state index contributed by atoms with van der Waals surface area (Å²) in [5, 5.41) is 3.35. The van der Waals surface area contributed by atoms with Gasteiger partial charge in [0.1, 0.15) is 0 Å². The molecule has 0 aliphatic heterocycles. The Morgan fingerprint density at radius 2 is 2.47 bits per heavy atom. The summed E-state index contributed by atoms with van der Waals surface area (Å²) in [5.41, 5.74) is 0. The number of halogens is 1. The number of nitrogens with one attached hydrogen (secondary N) is 1. The van der Waals surface area contributed by atoms with Crippen LogP contribution < -0.4 is 5.32 Å². The molecule has 0 aromatic carbocycles. The number of hydrogen-bond acceptors (Lipinski definition) is 3. The van der Waals surface area contributed by atoms with Crippen LogP contribution in [0.3, 0.4) is 0 Å². The van der Waals surface area contributed by atoms with Crippen LogP contribution >= 0.6 is 11.6 Å². The van der Waals surface area contributed by atoms with Crippen molar-refractivity contribution in [1.82, 2.24) is 14.9 Å². The van der Waals surface area contributed by atoms with Gasteiger partial charge in [-0.05, 0) is 13.0 Å². The first-order chi connectivity index (χ1) is 7.33. The van der Waals surface area contributed by atoms with E-state index in [0.717, 1.165) is 26.1 Å². The van der Waals surface area contributed by atoms with Crippen LogP contribution in [0.4, 0.5) is 0 Å². The van der Waals surface area contributed by atoms with Crippen molar-refractivity contribution in [2.24, 2.45) is 0 Å². The first-order valence-electron chi connectivity index (χ1n) is 5.12. The van der Waals surface area contributed by atoms with E-state index in [-0.39, 0.29) is 5.38 Å². The molecule has 0 spiro atoms. The van der Waals surface area contributed by atoms with Crippen LogP contribution in [0.5, 0.6) is 0 Å². The van der Waals surface area contributed by atoms with Gasteiger partial charge in [0.15, 0.2) is 0 Å². The van der Waals surface area contributed by atoms with Crippen molar-refractivity contribution < 1.29 is 4.74 Å². The summed E-state index contributed by atoms with van der Waals surface area (Å²) in [7, 11) is 1.66. The number of rotatable bonds is 8. The lowest BCUT2D eigenvalue weighted by Crippen LogP contribution is -2.27. The Morgan fingerprint density at radius 1 is 1.60 bits per heavy atom. The normalized spacial score (nSPS) is 12.9. The van der Waals surface area contributed by atoms with Gasteiger partial charge in [-0.3, -0.25) is 0 Å². The standard InChI is InChI=1S/C10H18ClN3O/c1-15-8-10(11)7-12-3-2-5-14-6-4-13-9-14/h4,6,9-10,12H,2-3,5,7-8H2,1H3. The largest absolute Gasteiger partial charge is 0.383 e. The maximum Gasteiger partial charge on any atom is 0.0945 e. The number of methoxy groups -OCH3 is 1. The molecule has 1 atom stereocenters. The molecule has 0 saturated heterocycles. The van der Waals surface area contributed by atoms with Crippen molar-refractivity contribution in [1.29, 1.82) is 0 Å². The molecule has 1 aromatic rings. The van der Waals surface area contributed by atoms with E-state index in [1.54, 1.807) is 13.3 Å². The highest BCUT2D eigenvalue weighted by Crippen LogP contribution is 1.94. The fourth-order valence-electron chi connectivity index (χ4n) is 1.30. The van der Waals surface area contributed by atoms with Crippen molar-refractivity contribution in [3.63, 3.8) is 0 Å². The Morgan fingerprint density at radius 3 is 3.13 bits per heavy atom. The third-order valence-electron chi connectivity index (χ3n) is 2.04. The second-order valence-electron chi connectivity index (χ2n) is 3.41. The van der Waals surface area contributed by atoms with Crippen LogP contribution in [-0.2, 0) is 11.3 Å². The second kappa shape index (κ2) is 7.68. The zero-order chi connectivity index (χ0) is 10.9. The Labute approximate surface area is 95.6 Å². The summed E-state index contributed by atoms with van der Waals surface area (Å²) in [6.45, 7) is 3.34. The lowest BCUT2D eigenvalue weighted by molar-refractivity contribution is 0.197. The number of nitrogens with zero attached hydrogens (tertiary/aromatic N) is 2. The van der Waals surface area contributed by atoms with Gasteiger partial charge >= 0.3 is 0 Å². The van der Waals surface area contributed by atoms with E-state index in [1.807, 2.05) is 12.5 Å². The number of alkyl halides is 1. The molecule has 5 heteroatoms. The van der Waals surface area contributed by atoms with E-state index in [1.165, 1.54) is 0 Å². The number of imidazole rings is 1. The molecule has 1 unspecified atom stereocenters. The van der Waals surface area contributed by atoms with E-state index in [0.29, 0.717) is 6.61 Å². The summed E-state index contributed by atoms with van der Waals surface area (Å²) in [6.07, 6.45) is 6.66. The SMILES string of the molecule is COCC(Cl)CNCCCn1ccnc1. The average molecular weight is 232 g/mol. The Kier molecular flexibility index (Phi) is 6.39. The maximum absolute atomic E-state index is 5.96. The summed E-state index contributed by atoms with van der Waals surface area (Å²) < 4.78 is 7.00. The highest BCUT2D eigenvalue weighted by atomic mass is 35.5. The third kappa shape index (κ3) is 5.77. The topological polar surface area (TPSA) is 39.1 Å². The smallest absolute Gasteiger partial charge is 0.0945 e. The van der Waals surface area contributed by atoms with E-state index in [2.05, 4.69) is 14.9 Å². The number of aromatic nitrogens is 2. The van der Waals surface area contributed by atoms with Gasteiger partial charge in [-0.25, -0.2) is 4.98 Å². The molecule has 86 valence electrons. The fraction of sp³-hybridized carbons (Fsp3) is 0.700. The minimum atomic E-state index is 0.0586. The van der Waals surface area contributed by atoms with Crippen LogP contribution in [0.1, 0.15) is 6.42 Å². The van der Waals surface area contributed by atoms with E-state index in [9.17, 15) is 0 Å². The van der Waals surface area contributed by atoms with Crippen molar-refractivity contribution in [3.8, 4) is 0 Å². The van der Waals surface area contributed by atoms with Crippen LogP contribution in [0.25, 0.3) is 0 Å². The molecule has 4 nitrogen and oxygen atoms in total. The lowest BCUT2D eigenvalue weighted by Gasteiger charge is -2.09. The zero-order valence-electron chi connectivity index (χ0n) is 9.03. The van der Waals surface area contributed by atoms with Gasteiger partial charge in [0.2, 0.25) is 0 Å². The van der Waals surface area contributed by atoms with Gasteiger partial charge in [0.25, 0.3) is 0 Å². The molecule has 1 aromatic heterocycles. The Hall–Kier alpha value is -0.580. The quantitative estimate of drug-likeness (QED) is 0.538. The monoisotopic (exact) mass is 231 g/mol. The fourth-order valence-corrected chi connectivity index (χ4v) is 1.54. The summed E-state index contributed by atoms with van der Waals surface area (Å²) in [4.78, 5) is 3.98. The molecule has 15 heavy (non-hydrogen) atoms. The molecular weight excluding hydrogens is 214 g/mol. The number of hydrogen-bond donors (Lipinski definition) is 1. The van der Waals surface area contributed by atoms with Crippen LogP contribution in [0.15, 0.2) is 18.7 Å². The molecule has 0 bridgehead atoms. The second-order valence-corrected chi connectivity index (χ2v) is 4.03. The van der Waals surface area contributed by atoms with E-state index in [4.69, 9.17) is 16.3 Å². The van der Waals surface area contributed by atoms with Gasteiger partial charge < -0.3 is 14.6 Å². The molecule has 0 aliphatic carbocycles. The number of ether oxygens (including phenoxy) is 1. The average Bonchev–Trinajstić information content (AvgIpc) is 2.70. The molecule has 1 heterocycles. The molecule has 0 amide bonds. The van der Waals surface area contributed by atoms with Crippen LogP contribution in [0, 0.1) is 0 Å². The summed E-state index contributed by atoms with van der Waals surface area (Å²) >= 11 is 5.96. The Bertz CT molecular complexity index is 241. The highest BCUT2D eigenvalue weighted by molar-refractivity contribution is 6.20. The molecular formula is C10H18ClN3O. The van der Waals surface area contributed by atoms with Crippen molar-refractivity contribution in [3.05, 3.63) is 18.7 Å². The molecule has 0 aliphatic rings. The van der Waals surface area contributed by atoms with Crippen molar-refractivity contribution in [2.45, 2.75) is 18.3 Å². The minimum absolute atomic E-state index is 0.0586.